The molecule has 0 spiro atoms. The number of carboxylic acids is 1. The van der Waals surface area contributed by atoms with E-state index in [0.717, 1.165) is 94.7 Å². The fourth-order valence-electron chi connectivity index (χ4n) is 15.1. The van der Waals surface area contributed by atoms with Gasteiger partial charge in [-0.1, -0.05) is 102 Å². The van der Waals surface area contributed by atoms with Gasteiger partial charge in [0.05, 0.1) is 21.7 Å². The van der Waals surface area contributed by atoms with E-state index in [1.165, 1.54) is 60.3 Å². The molecule has 7 aliphatic heterocycles. The Morgan fingerprint density at radius 1 is 0.551 bits per heavy atom. The second kappa shape index (κ2) is 31.7. The summed E-state index contributed by atoms with van der Waals surface area (Å²) in [5.41, 5.74) is -2.49. The summed E-state index contributed by atoms with van der Waals surface area (Å²) in [6.07, 6.45) is -8.50. The van der Waals surface area contributed by atoms with Crippen LogP contribution in [0.3, 0.4) is 0 Å². The number of carbonyl (C=O) groups is 8. The van der Waals surface area contributed by atoms with E-state index in [0.29, 0.717) is 10.4 Å². The van der Waals surface area contributed by atoms with Gasteiger partial charge >= 0.3 is 5.97 Å². The van der Waals surface area contributed by atoms with Crippen LogP contribution in [0.2, 0.25) is 10.0 Å². The molecular formula is C84H68Cl2N8O23S. The number of carboxylic acid groups (broad SMARTS) is 1. The van der Waals surface area contributed by atoms with Crippen LogP contribution in [-0.2, 0) is 54.3 Å². The lowest BCUT2D eigenvalue weighted by Crippen LogP contribution is -2.65. The smallest absolute Gasteiger partial charge is 0.330 e. The Morgan fingerprint density at radius 2 is 1.17 bits per heavy atom. The molecule has 34 heteroatoms. The summed E-state index contributed by atoms with van der Waals surface area (Å²) in [7, 11) is 0. The molecule has 8 heterocycles. The zero-order valence-corrected chi connectivity index (χ0v) is 63.5. The second-order valence-corrected chi connectivity index (χ2v) is 30.5. The molecule has 118 heavy (non-hydrogen) atoms. The van der Waals surface area contributed by atoms with E-state index in [1.54, 1.807) is 10.8 Å². The molecular weight excluding hydrogens is 1590 g/mol. The number of fused-ring (bicyclic) bond motifs is 16. The monoisotopic (exact) mass is 1660 g/mol. The maximum absolute atomic E-state index is 16.5. The number of aliphatic hydroxyl groups excluding tert-OH is 3. The van der Waals surface area contributed by atoms with Gasteiger partial charge in [0, 0.05) is 64.0 Å². The van der Waals surface area contributed by atoms with Gasteiger partial charge in [0.15, 0.2) is 35.3 Å². The second-order valence-electron chi connectivity index (χ2n) is 28.6. The fourth-order valence-corrected chi connectivity index (χ4v) is 16.7. The van der Waals surface area contributed by atoms with Gasteiger partial charge in [-0.15, -0.1) is 0 Å². The molecule has 1 saturated heterocycles. The zero-order chi connectivity index (χ0) is 83.0. The average Bonchev–Trinajstić information content (AvgIpc) is 0.965. The summed E-state index contributed by atoms with van der Waals surface area (Å²) in [5, 5.41) is 137. The van der Waals surface area contributed by atoms with Gasteiger partial charge < -0.3 is 117 Å². The van der Waals surface area contributed by atoms with Crippen LogP contribution in [-0.4, -0.2) is 152 Å². The number of halogens is 2. The van der Waals surface area contributed by atoms with Crippen molar-refractivity contribution in [2.24, 2.45) is 0 Å². The molecule has 1 fully saturated rings. The van der Waals surface area contributed by atoms with Crippen molar-refractivity contribution in [2.75, 3.05) is 6.61 Å². The molecule has 7 amide bonds. The van der Waals surface area contributed by atoms with Gasteiger partial charge in [0.1, 0.15) is 107 Å². The minimum absolute atomic E-state index is 0.176. The summed E-state index contributed by atoms with van der Waals surface area (Å²) in [5.74, 6) is -16.9. The van der Waals surface area contributed by atoms with Crippen molar-refractivity contribution in [2.45, 2.75) is 102 Å². The molecule has 602 valence electrons. The number of hydrogen-bond acceptors (Lipinski definition) is 23. The standard InChI is InChI=1S/C84H68Cl2N8O23S/c1-35(96)87-69-74(104)73(103)63(34-95)116-84(69)117-75-41-14-18-59(53(86)26-41)115-62-29-43-28-61(72(62)102)114-58-17-11-36(19-52(58)85)20-54-76(105)89-66(78(107)91-67(43)79(108)90-65-39-12-15-55(99)50(25-39)64-51(31-46(98)32-57(64)101)68(83(111)112)92-80(109)70(75)93-77(65)106)42-22-45(97)30-47(23-42)113-60-27-40(13-16-56(60)100)71(81(110)88-54)94-33-44-21-37-7-5-6-8-38(37)24-49(44)82(94)118-48-9-3-2-4-10-48/h2-19,21-33,54,63,65-71,73-75,84,95,97-104H,20,34H2,1H3,(H,87,96)(H,88,110)(H,89,105)(H,90,108)(H,91,107)(H,92,109)(H,93,106)(H,111,112)/t54-,63-,65-,66+,67-,68+,69-,70+,71-,73-,74-,75-,84+/m1/s1. The Bertz CT molecular complexity index is 6000. The summed E-state index contributed by atoms with van der Waals surface area (Å²) in [6, 6.07) is 26.7. The summed E-state index contributed by atoms with van der Waals surface area (Å²) in [4.78, 5) is 124. The van der Waals surface area contributed by atoms with Crippen LogP contribution in [0.4, 0.5) is 0 Å². The maximum Gasteiger partial charge on any atom is 0.330 e. The predicted molar refractivity (Wildman–Crippen MR) is 420 cm³/mol. The maximum atomic E-state index is 16.5. The Hall–Kier alpha value is -13.3. The van der Waals surface area contributed by atoms with Gasteiger partial charge in [-0.3, -0.25) is 33.6 Å². The van der Waals surface area contributed by atoms with E-state index in [9.17, 15) is 60.7 Å². The molecule has 0 aliphatic carbocycles. The number of rotatable bonds is 8. The van der Waals surface area contributed by atoms with E-state index < -0.39 is 213 Å². The number of amides is 7. The number of benzene rings is 10. The van der Waals surface area contributed by atoms with Crippen molar-refractivity contribution in [3.8, 4) is 80.1 Å². The van der Waals surface area contributed by atoms with Gasteiger partial charge in [-0.25, -0.2) is 4.79 Å². The minimum atomic E-state index is -2.40. The van der Waals surface area contributed by atoms with Crippen LogP contribution in [0.5, 0.6) is 69.0 Å². The largest absolute Gasteiger partial charge is 0.508 e. The molecule has 0 unspecified atom stereocenters. The van der Waals surface area contributed by atoms with Crippen LogP contribution in [0.15, 0.2) is 198 Å². The number of nitrogens with zero attached hydrogens (tertiary/aromatic N) is 1. The number of hydrogen-bond donors (Lipinski definition) is 17. The van der Waals surface area contributed by atoms with Crippen molar-refractivity contribution >= 4 is 104 Å². The first-order valence-electron chi connectivity index (χ1n) is 36.5. The molecule has 10 aromatic carbocycles. The first-order chi connectivity index (χ1) is 56.6. The van der Waals surface area contributed by atoms with E-state index in [2.05, 4.69) is 37.2 Å². The Morgan fingerprint density at radius 3 is 1.86 bits per heavy atom. The first kappa shape index (κ1) is 78.6. The molecule has 0 radical (unpaired) electrons. The third-order valence-electron chi connectivity index (χ3n) is 20.8. The van der Waals surface area contributed by atoms with Crippen molar-refractivity contribution < 1.29 is 113 Å². The van der Waals surface area contributed by atoms with Gasteiger partial charge in [-0.2, -0.15) is 0 Å². The summed E-state index contributed by atoms with van der Waals surface area (Å²) in [6.45, 7) is 0.0230. The highest BCUT2D eigenvalue weighted by atomic mass is 35.5. The SMILES string of the molecule is CC(=O)N[C@H]1[C@H](O[C@@H]2c3ccc(c(Cl)c3)Oc3cc4cc(c3O)Oc3ccc(cc3Cl)C[C@H]3NC(=O)[C@H](n5cc6cc7ccccc7cc6c5Sc5ccccc5)c5ccc(O)c(c5)Oc5cc(O)cc(c5)[C@H](NC3=O)C(=O)N[C@H]4C(=O)N[C@H]3C(=O)N[C@@H]2C(=O)N[C@H](C(=O)O)c2cc(O)cc(O)c2-c2cc3ccc2O)O[C@H](CO)[C@@H](O)[C@@H]1O. The lowest BCUT2D eigenvalue weighted by Gasteiger charge is -2.44. The Balaban J connectivity index is 0.884. The van der Waals surface area contributed by atoms with Gasteiger partial charge in [0.25, 0.3) is 0 Å². The molecule has 31 nitrogen and oxygen atoms in total. The summed E-state index contributed by atoms with van der Waals surface area (Å²) >= 11 is 15.7. The molecule has 1 aromatic heterocycles. The number of phenols is 6. The highest BCUT2D eigenvalue weighted by molar-refractivity contribution is 7.99. The van der Waals surface area contributed by atoms with Crippen LogP contribution in [0.1, 0.15) is 82.2 Å². The summed E-state index contributed by atoms with van der Waals surface area (Å²) < 4.78 is 33.6. The zero-order valence-electron chi connectivity index (χ0n) is 61.2. The van der Waals surface area contributed by atoms with E-state index in [-0.39, 0.29) is 55.8 Å². The molecule has 11 aromatic rings. The first-order valence-corrected chi connectivity index (χ1v) is 38.1. The molecule has 17 bridgehead atoms. The number of aromatic hydroxyl groups is 6. The molecule has 0 saturated carbocycles. The Labute approximate surface area is 681 Å². The molecule has 17 N–H and O–H groups in total. The molecule has 18 rings (SSSR count). The predicted octanol–water partition coefficient (Wildman–Crippen LogP) is 8.80. The highest BCUT2D eigenvalue weighted by Gasteiger charge is 2.50. The third kappa shape index (κ3) is 15.3. The lowest BCUT2D eigenvalue weighted by molar-refractivity contribution is -0.284. The highest BCUT2D eigenvalue weighted by Crippen LogP contribution is 2.50. The minimum Gasteiger partial charge on any atom is -0.508 e. The quantitative estimate of drug-likeness (QED) is 0.0675. The number of aromatic nitrogens is 1. The number of phenolic OH excluding ortho intramolecular Hbond substituents is 6. The van der Waals surface area contributed by atoms with E-state index in [4.69, 9.17) is 46.9 Å². The van der Waals surface area contributed by atoms with Crippen molar-refractivity contribution in [3.05, 3.63) is 237 Å². The third-order valence-corrected chi connectivity index (χ3v) is 22.5. The number of aliphatic carboxylic acids is 1. The van der Waals surface area contributed by atoms with Crippen LogP contribution in [0.25, 0.3) is 32.7 Å². The molecule has 7 aliphatic rings. The lowest BCUT2D eigenvalue weighted by atomic mass is 9.89. The van der Waals surface area contributed by atoms with Crippen LogP contribution < -0.4 is 51.4 Å². The number of ether oxygens (including phenoxy) is 5. The topological polar surface area (TPSA) is 474 Å². The Kier molecular flexibility index (Phi) is 21.1. The van der Waals surface area contributed by atoms with Crippen molar-refractivity contribution in [3.63, 3.8) is 0 Å². The number of aliphatic hydroxyl groups is 3. The van der Waals surface area contributed by atoms with Crippen molar-refractivity contribution in [1.29, 1.82) is 0 Å². The number of carbonyl (C=O) groups excluding carboxylic acids is 7. The normalized spacial score (nSPS) is 23.1. The number of nitrogens with one attached hydrogen (secondary N) is 7. The fraction of sp³-hybridized carbons (Fsp3) is 0.190. The molecule has 13 atom stereocenters. The van der Waals surface area contributed by atoms with Crippen LogP contribution in [0, 0.1) is 0 Å². The van der Waals surface area contributed by atoms with Gasteiger partial charge in [-0.05, 0) is 147 Å². The van der Waals surface area contributed by atoms with Crippen molar-refractivity contribution in [1.82, 2.24) is 41.8 Å². The van der Waals surface area contributed by atoms with E-state index >= 15 is 28.8 Å². The van der Waals surface area contributed by atoms with Crippen LogP contribution >= 0.6 is 35.0 Å². The average molecular weight is 1660 g/mol. The van der Waals surface area contributed by atoms with E-state index in [1.807, 2.05) is 66.7 Å². The van der Waals surface area contributed by atoms with Gasteiger partial charge in [0.2, 0.25) is 47.1 Å².